The van der Waals surface area contributed by atoms with Gasteiger partial charge in [-0.3, -0.25) is 0 Å². The van der Waals surface area contributed by atoms with E-state index in [9.17, 15) is 0 Å². The maximum atomic E-state index is 3.82. The molecule has 0 atom stereocenters. The van der Waals surface area contributed by atoms with Gasteiger partial charge in [-0.25, -0.2) is 0 Å². The van der Waals surface area contributed by atoms with Crippen LogP contribution in [0.25, 0.3) is 0 Å². The Kier molecular flexibility index (Phi) is 5.39. The molecule has 0 unspecified atom stereocenters. The van der Waals surface area contributed by atoms with Crippen molar-refractivity contribution in [2.45, 2.75) is 63.8 Å². The quantitative estimate of drug-likeness (QED) is 0.739. The van der Waals surface area contributed by atoms with Crippen molar-refractivity contribution in [3.05, 3.63) is 34.3 Å². The zero-order valence-electron chi connectivity index (χ0n) is 13.2. The standard InChI is InChI=1S/C19H28BrN/c1-2-14-3-5-15(6-4-14)13-21-19-11-17(12-19)16-7-9-18(20)10-8-16/h7-10,14-15,17,19,21H,2-6,11-13H2,1H3. The predicted molar refractivity (Wildman–Crippen MR) is 93.6 cm³/mol. The van der Waals surface area contributed by atoms with Crippen LogP contribution in [0.3, 0.4) is 0 Å². The highest BCUT2D eigenvalue weighted by Gasteiger charge is 2.30. The summed E-state index contributed by atoms with van der Waals surface area (Å²) in [5, 5.41) is 3.82. The molecule has 2 aliphatic rings. The highest BCUT2D eigenvalue weighted by Crippen LogP contribution is 2.38. The van der Waals surface area contributed by atoms with Crippen LogP contribution in [0.1, 0.15) is 63.4 Å². The number of halogens is 1. The first-order chi connectivity index (χ1) is 10.2. The predicted octanol–water partition coefficient (Wildman–Crippen LogP) is 5.50. The third-order valence-corrected chi connectivity index (χ3v) is 6.25. The summed E-state index contributed by atoms with van der Waals surface area (Å²) >= 11 is 3.51. The van der Waals surface area contributed by atoms with E-state index < -0.39 is 0 Å². The van der Waals surface area contributed by atoms with Gasteiger partial charge in [-0.2, -0.15) is 0 Å². The molecule has 0 aliphatic heterocycles. The number of hydrogen-bond donors (Lipinski definition) is 1. The summed E-state index contributed by atoms with van der Waals surface area (Å²) in [7, 11) is 0. The van der Waals surface area contributed by atoms with Crippen LogP contribution >= 0.6 is 15.9 Å². The lowest BCUT2D eigenvalue weighted by Gasteiger charge is -2.38. The summed E-state index contributed by atoms with van der Waals surface area (Å²) in [6, 6.07) is 9.65. The van der Waals surface area contributed by atoms with Gasteiger partial charge in [-0.15, -0.1) is 0 Å². The molecule has 1 nitrogen and oxygen atoms in total. The van der Waals surface area contributed by atoms with Crippen molar-refractivity contribution in [1.29, 1.82) is 0 Å². The minimum Gasteiger partial charge on any atom is -0.314 e. The molecule has 2 fully saturated rings. The minimum absolute atomic E-state index is 0.766. The Balaban J connectivity index is 1.35. The summed E-state index contributed by atoms with van der Waals surface area (Å²) in [5.41, 5.74) is 1.51. The van der Waals surface area contributed by atoms with Crippen LogP contribution in [-0.2, 0) is 0 Å². The van der Waals surface area contributed by atoms with Crippen LogP contribution in [0.15, 0.2) is 28.7 Å². The van der Waals surface area contributed by atoms with E-state index in [2.05, 4.69) is 52.4 Å². The molecule has 0 bridgehead atoms. The largest absolute Gasteiger partial charge is 0.314 e. The molecule has 21 heavy (non-hydrogen) atoms. The second-order valence-electron chi connectivity index (χ2n) is 7.12. The average Bonchev–Trinajstić information content (AvgIpc) is 2.48. The molecule has 1 aromatic rings. The van der Waals surface area contributed by atoms with Gasteiger partial charge in [0.2, 0.25) is 0 Å². The molecule has 2 aliphatic carbocycles. The van der Waals surface area contributed by atoms with Crippen LogP contribution < -0.4 is 5.32 Å². The van der Waals surface area contributed by atoms with E-state index in [4.69, 9.17) is 0 Å². The Hall–Kier alpha value is -0.340. The lowest BCUT2D eigenvalue weighted by Crippen LogP contribution is -2.42. The maximum Gasteiger partial charge on any atom is 0.0175 e. The van der Waals surface area contributed by atoms with E-state index >= 15 is 0 Å². The number of nitrogens with one attached hydrogen (secondary N) is 1. The molecule has 1 N–H and O–H groups in total. The van der Waals surface area contributed by atoms with Gasteiger partial charge in [-0.05, 0) is 67.7 Å². The van der Waals surface area contributed by atoms with Gasteiger partial charge in [-0.1, -0.05) is 54.2 Å². The molecular weight excluding hydrogens is 322 g/mol. The van der Waals surface area contributed by atoms with E-state index in [1.165, 1.54) is 61.5 Å². The lowest BCUT2D eigenvalue weighted by atomic mass is 9.75. The molecule has 0 spiro atoms. The summed E-state index contributed by atoms with van der Waals surface area (Å²) in [5.74, 6) is 2.75. The van der Waals surface area contributed by atoms with Crippen molar-refractivity contribution < 1.29 is 0 Å². The second-order valence-corrected chi connectivity index (χ2v) is 8.04. The Morgan fingerprint density at radius 1 is 1.00 bits per heavy atom. The molecule has 0 radical (unpaired) electrons. The van der Waals surface area contributed by atoms with Crippen molar-refractivity contribution >= 4 is 15.9 Å². The normalized spacial score (nSPS) is 32.7. The zero-order valence-corrected chi connectivity index (χ0v) is 14.7. The minimum atomic E-state index is 0.766. The van der Waals surface area contributed by atoms with Crippen LogP contribution in [0.4, 0.5) is 0 Å². The van der Waals surface area contributed by atoms with Crippen LogP contribution in [0, 0.1) is 11.8 Å². The SMILES string of the molecule is CCC1CCC(CNC2CC(c3ccc(Br)cc3)C2)CC1. The van der Waals surface area contributed by atoms with Gasteiger partial charge in [0.15, 0.2) is 0 Å². The van der Waals surface area contributed by atoms with Crippen LogP contribution in [-0.4, -0.2) is 12.6 Å². The number of rotatable bonds is 5. The molecule has 3 rings (SSSR count). The lowest BCUT2D eigenvalue weighted by molar-refractivity contribution is 0.228. The third kappa shape index (κ3) is 4.10. The summed E-state index contributed by atoms with van der Waals surface area (Å²) in [6.45, 7) is 3.61. The Labute approximate surface area is 138 Å². The van der Waals surface area contributed by atoms with E-state index in [0.29, 0.717) is 0 Å². The van der Waals surface area contributed by atoms with Crippen LogP contribution in [0.2, 0.25) is 0 Å². The highest BCUT2D eigenvalue weighted by atomic mass is 79.9. The van der Waals surface area contributed by atoms with Gasteiger partial charge in [0.1, 0.15) is 0 Å². The zero-order chi connectivity index (χ0) is 14.7. The summed E-state index contributed by atoms with van der Waals surface area (Å²) < 4.78 is 1.18. The van der Waals surface area contributed by atoms with E-state index in [0.717, 1.165) is 23.8 Å². The first-order valence-corrected chi connectivity index (χ1v) is 9.52. The van der Waals surface area contributed by atoms with E-state index in [1.54, 1.807) is 0 Å². The molecule has 2 saturated carbocycles. The van der Waals surface area contributed by atoms with Gasteiger partial charge in [0, 0.05) is 10.5 Å². The summed E-state index contributed by atoms with van der Waals surface area (Å²) in [6.07, 6.45) is 9.88. The smallest absolute Gasteiger partial charge is 0.0175 e. The first-order valence-electron chi connectivity index (χ1n) is 8.73. The second kappa shape index (κ2) is 7.28. The van der Waals surface area contributed by atoms with Gasteiger partial charge in [0.05, 0.1) is 0 Å². The van der Waals surface area contributed by atoms with Crippen molar-refractivity contribution in [3.8, 4) is 0 Å². The van der Waals surface area contributed by atoms with Crippen molar-refractivity contribution in [2.24, 2.45) is 11.8 Å². The van der Waals surface area contributed by atoms with E-state index in [-0.39, 0.29) is 0 Å². The monoisotopic (exact) mass is 349 g/mol. The molecule has 0 saturated heterocycles. The molecule has 116 valence electrons. The molecular formula is C19H28BrN. The van der Waals surface area contributed by atoms with Crippen LogP contribution in [0.5, 0.6) is 0 Å². The van der Waals surface area contributed by atoms with Crippen molar-refractivity contribution in [3.63, 3.8) is 0 Å². The molecule has 1 aromatic carbocycles. The fourth-order valence-electron chi connectivity index (χ4n) is 3.97. The Bertz CT molecular complexity index is 427. The molecule has 0 amide bonds. The molecule has 0 aromatic heterocycles. The van der Waals surface area contributed by atoms with Gasteiger partial charge < -0.3 is 5.32 Å². The van der Waals surface area contributed by atoms with Gasteiger partial charge >= 0.3 is 0 Å². The number of benzene rings is 1. The molecule has 0 heterocycles. The first kappa shape index (κ1) is 15.6. The van der Waals surface area contributed by atoms with Crippen molar-refractivity contribution in [2.75, 3.05) is 6.54 Å². The average molecular weight is 350 g/mol. The molecule has 2 heteroatoms. The Morgan fingerprint density at radius 2 is 1.62 bits per heavy atom. The Morgan fingerprint density at radius 3 is 2.24 bits per heavy atom. The summed E-state index contributed by atoms with van der Waals surface area (Å²) in [4.78, 5) is 0. The van der Waals surface area contributed by atoms with Crippen molar-refractivity contribution in [1.82, 2.24) is 5.32 Å². The fourth-order valence-corrected chi connectivity index (χ4v) is 4.23. The number of hydrogen-bond acceptors (Lipinski definition) is 1. The van der Waals surface area contributed by atoms with Gasteiger partial charge in [0.25, 0.3) is 0 Å². The topological polar surface area (TPSA) is 12.0 Å². The van der Waals surface area contributed by atoms with E-state index in [1.807, 2.05) is 0 Å². The maximum absolute atomic E-state index is 3.82. The third-order valence-electron chi connectivity index (χ3n) is 5.72. The fraction of sp³-hybridized carbons (Fsp3) is 0.684. The highest BCUT2D eigenvalue weighted by molar-refractivity contribution is 9.10.